The number of thiol groups is 1. The molecule has 0 aromatic rings. The highest BCUT2D eigenvalue weighted by Crippen LogP contribution is 2.18. The van der Waals surface area contributed by atoms with Crippen LogP contribution in [-0.4, -0.2) is 63.0 Å². The summed E-state index contributed by atoms with van der Waals surface area (Å²) in [6.45, 7) is 2.54. The number of aliphatic hydroxyl groups is 1. The molecule has 0 bridgehead atoms. The number of thioether (sulfide) groups is 4. The molecule has 1 nitrogen and oxygen atoms in total. The largest absolute Gasteiger partial charge is 0.395 e. The first-order valence-electron chi connectivity index (χ1n) is 6.41. The van der Waals surface area contributed by atoms with Crippen molar-refractivity contribution in [1.29, 1.82) is 0 Å². The Bertz CT molecular complexity index is 159. The van der Waals surface area contributed by atoms with Gasteiger partial charge in [0.25, 0.3) is 0 Å². The molecule has 0 heterocycles. The van der Waals surface area contributed by atoms with Crippen LogP contribution in [0.25, 0.3) is 0 Å². The maximum atomic E-state index is 9.31. The molecule has 1 atom stereocenters. The van der Waals surface area contributed by atoms with Gasteiger partial charge in [-0.2, -0.15) is 59.7 Å². The molecule has 0 fully saturated rings. The fraction of sp³-hybridized carbons (Fsp3) is 1.00. The second-order valence-electron chi connectivity index (χ2n) is 3.70. The van der Waals surface area contributed by atoms with E-state index in [1.807, 2.05) is 47.0 Å². The lowest BCUT2D eigenvalue weighted by Gasteiger charge is -2.13. The lowest BCUT2D eigenvalue weighted by Crippen LogP contribution is -2.13. The molecule has 1 unspecified atom stereocenters. The van der Waals surface area contributed by atoms with Crippen LogP contribution in [0.2, 0.25) is 0 Å². The summed E-state index contributed by atoms with van der Waals surface area (Å²) in [7, 11) is 0. The van der Waals surface area contributed by atoms with Gasteiger partial charge in [-0.3, -0.25) is 0 Å². The van der Waals surface area contributed by atoms with Crippen LogP contribution in [0.3, 0.4) is 0 Å². The summed E-state index contributed by atoms with van der Waals surface area (Å²) in [5, 5.41) is 9.73. The predicted molar refractivity (Wildman–Crippen MR) is 99.5 cm³/mol. The molecule has 1 N–H and O–H groups in total. The summed E-state index contributed by atoms with van der Waals surface area (Å²) < 4.78 is 0. The summed E-state index contributed by atoms with van der Waals surface area (Å²) in [5.41, 5.74) is 0. The predicted octanol–water partition coefficient (Wildman–Crippen LogP) is 3.62. The first kappa shape index (κ1) is 19.7. The average Bonchev–Trinajstić information content (AvgIpc) is 2.40. The van der Waals surface area contributed by atoms with Crippen LogP contribution in [-0.2, 0) is 0 Å². The number of rotatable bonds is 14. The van der Waals surface area contributed by atoms with E-state index < -0.39 is 0 Å². The smallest absolute Gasteiger partial charge is 0.0558 e. The molecule has 0 aliphatic carbocycles. The van der Waals surface area contributed by atoms with E-state index >= 15 is 0 Å². The highest BCUT2D eigenvalue weighted by molar-refractivity contribution is 8.05. The minimum absolute atomic E-state index is 0.316. The van der Waals surface area contributed by atoms with Crippen molar-refractivity contribution in [1.82, 2.24) is 0 Å². The molecule has 18 heavy (non-hydrogen) atoms. The van der Waals surface area contributed by atoms with Crippen molar-refractivity contribution >= 4 is 59.7 Å². The van der Waals surface area contributed by atoms with E-state index in [-0.39, 0.29) is 0 Å². The molecule has 0 aliphatic heterocycles. The topological polar surface area (TPSA) is 20.2 Å². The van der Waals surface area contributed by atoms with E-state index in [9.17, 15) is 5.11 Å². The first-order valence-corrected chi connectivity index (χ1v) is 11.6. The van der Waals surface area contributed by atoms with Crippen molar-refractivity contribution in [2.45, 2.75) is 18.6 Å². The van der Waals surface area contributed by atoms with Gasteiger partial charge in [0.1, 0.15) is 0 Å². The quantitative estimate of drug-likeness (QED) is 0.369. The molecule has 0 aliphatic rings. The lowest BCUT2D eigenvalue weighted by atomic mass is 10.5. The third-order valence-corrected chi connectivity index (χ3v) is 7.83. The summed E-state index contributed by atoms with van der Waals surface area (Å²) >= 11 is 12.1. The second-order valence-corrected chi connectivity index (χ2v) is 9.15. The Balaban J connectivity index is 3.29. The molecule has 0 aromatic carbocycles. The molecule has 0 spiro atoms. The zero-order valence-electron chi connectivity index (χ0n) is 11.2. The molecule has 110 valence electrons. The summed E-state index contributed by atoms with van der Waals surface area (Å²) in [6, 6.07) is 0. The van der Waals surface area contributed by atoms with Gasteiger partial charge in [-0.05, 0) is 17.9 Å². The van der Waals surface area contributed by atoms with Gasteiger partial charge in [-0.1, -0.05) is 6.92 Å². The van der Waals surface area contributed by atoms with Crippen LogP contribution >= 0.6 is 59.7 Å². The SMILES string of the molecule is CCCSCCSCC(CO)SCCSCCS. The number of hydrogen-bond acceptors (Lipinski definition) is 6. The van der Waals surface area contributed by atoms with Gasteiger partial charge in [0.2, 0.25) is 0 Å². The van der Waals surface area contributed by atoms with Crippen molar-refractivity contribution in [3.8, 4) is 0 Å². The zero-order valence-corrected chi connectivity index (χ0v) is 15.3. The van der Waals surface area contributed by atoms with Gasteiger partial charge in [-0.25, -0.2) is 0 Å². The van der Waals surface area contributed by atoms with E-state index in [1.165, 1.54) is 29.4 Å². The van der Waals surface area contributed by atoms with Crippen LogP contribution < -0.4 is 0 Å². The van der Waals surface area contributed by atoms with Gasteiger partial charge < -0.3 is 5.11 Å². The molecule has 0 rings (SSSR count). The van der Waals surface area contributed by atoms with Gasteiger partial charge in [0.05, 0.1) is 6.61 Å². The molecule has 0 radical (unpaired) electrons. The molecular weight excluding hydrogens is 320 g/mol. The van der Waals surface area contributed by atoms with Crippen LogP contribution in [0, 0.1) is 0 Å². The molecule has 0 aromatic heterocycles. The highest BCUT2D eigenvalue weighted by Gasteiger charge is 2.07. The fourth-order valence-corrected chi connectivity index (χ4v) is 5.83. The van der Waals surface area contributed by atoms with Crippen molar-refractivity contribution in [2.24, 2.45) is 0 Å². The third kappa shape index (κ3) is 14.1. The van der Waals surface area contributed by atoms with E-state index in [1.54, 1.807) is 0 Å². The Morgan fingerprint density at radius 3 is 2.28 bits per heavy atom. The van der Waals surface area contributed by atoms with E-state index in [2.05, 4.69) is 19.6 Å². The Morgan fingerprint density at radius 1 is 0.944 bits per heavy atom. The minimum Gasteiger partial charge on any atom is -0.395 e. The Morgan fingerprint density at radius 2 is 1.61 bits per heavy atom. The molecular formula is C12H26OS5. The Labute approximate surface area is 135 Å². The summed E-state index contributed by atoms with van der Waals surface area (Å²) in [6.07, 6.45) is 1.27. The van der Waals surface area contributed by atoms with Crippen molar-refractivity contribution < 1.29 is 5.11 Å². The average molecular weight is 347 g/mol. The number of aliphatic hydroxyl groups excluding tert-OH is 1. The van der Waals surface area contributed by atoms with Crippen LogP contribution in [0.15, 0.2) is 0 Å². The third-order valence-electron chi connectivity index (χ3n) is 2.04. The monoisotopic (exact) mass is 346 g/mol. The first-order chi connectivity index (χ1) is 8.85. The van der Waals surface area contributed by atoms with Gasteiger partial charge in [0, 0.05) is 39.8 Å². The van der Waals surface area contributed by atoms with E-state index in [4.69, 9.17) is 0 Å². The molecule has 6 heteroatoms. The maximum absolute atomic E-state index is 9.31. The normalized spacial score (nSPS) is 12.8. The van der Waals surface area contributed by atoms with Gasteiger partial charge >= 0.3 is 0 Å². The van der Waals surface area contributed by atoms with Crippen molar-refractivity contribution in [2.75, 3.05) is 52.6 Å². The Kier molecular flexibility index (Phi) is 18.4. The highest BCUT2D eigenvalue weighted by atomic mass is 32.2. The van der Waals surface area contributed by atoms with Crippen LogP contribution in [0.1, 0.15) is 13.3 Å². The van der Waals surface area contributed by atoms with Crippen LogP contribution in [0.4, 0.5) is 0 Å². The zero-order chi connectivity index (χ0) is 13.5. The maximum Gasteiger partial charge on any atom is 0.0558 e. The second kappa shape index (κ2) is 16.8. The summed E-state index contributed by atoms with van der Waals surface area (Å²) in [4.78, 5) is 0. The van der Waals surface area contributed by atoms with Crippen molar-refractivity contribution in [3.63, 3.8) is 0 Å². The standard InChI is InChI=1S/C12H26OS5/c1-2-4-15-6-7-17-11-12(10-13)18-9-8-16-5-3-14/h12-14H,2-11H2,1H3. The summed E-state index contributed by atoms with van der Waals surface area (Å²) in [5.74, 6) is 9.26. The van der Waals surface area contributed by atoms with Crippen LogP contribution in [0.5, 0.6) is 0 Å². The van der Waals surface area contributed by atoms with Gasteiger partial charge in [0.15, 0.2) is 0 Å². The van der Waals surface area contributed by atoms with Gasteiger partial charge in [-0.15, -0.1) is 0 Å². The Hall–Kier alpha value is 1.71. The van der Waals surface area contributed by atoms with Crippen molar-refractivity contribution in [3.05, 3.63) is 0 Å². The lowest BCUT2D eigenvalue weighted by molar-refractivity contribution is 0.301. The van der Waals surface area contributed by atoms with E-state index in [0.717, 1.165) is 23.0 Å². The molecule has 0 saturated heterocycles. The molecule has 0 amide bonds. The molecule has 0 saturated carbocycles. The van der Waals surface area contributed by atoms with E-state index in [0.29, 0.717) is 11.9 Å². The number of hydrogen-bond donors (Lipinski definition) is 2. The fourth-order valence-electron chi connectivity index (χ4n) is 1.17. The minimum atomic E-state index is 0.316.